The van der Waals surface area contributed by atoms with Gasteiger partial charge in [0, 0.05) is 19.3 Å². The van der Waals surface area contributed by atoms with Crippen molar-refractivity contribution in [3.63, 3.8) is 0 Å². The van der Waals surface area contributed by atoms with Gasteiger partial charge in [0.25, 0.3) is 0 Å². The number of sulfonamides is 1. The highest BCUT2D eigenvalue weighted by molar-refractivity contribution is 7.89. The maximum atomic E-state index is 12.1. The Balaban J connectivity index is 2.15. The molecule has 0 radical (unpaired) electrons. The first-order valence-electron chi connectivity index (χ1n) is 5.88. The first kappa shape index (κ1) is 14.0. The van der Waals surface area contributed by atoms with Crippen LogP contribution in [0.3, 0.4) is 0 Å². The fourth-order valence-corrected chi connectivity index (χ4v) is 2.51. The van der Waals surface area contributed by atoms with Gasteiger partial charge in [0.15, 0.2) is 0 Å². The molecule has 1 aliphatic rings. The number of benzene rings is 1. The second-order valence-corrected chi connectivity index (χ2v) is 6.06. The van der Waals surface area contributed by atoms with E-state index in [4.69, 9.17) is 9.88 Å². The van der Waals surface area contributed by atoms with E-state index in [1.807, 2.05) is 0 Å². The molecule has 1 amide bonds. The van der Waals surface area contributed by atoms with Crippen molar-refractivity contribution in [2.24, 2.45) is 11.1 Å². The predicted octanol–water partition coefficient (Wildman–Crippen LogP) is 0.333. The number of hydrogen-bond acceptors (Lipinski definition) is 4. The van der Waals surface area contributed by atoms with Crippen molar-refractivity contribution in [1.29, 1.82) is 0 Å². The Hall–Kier alpha value is -1.44. The normalized spacial score (nSPS) is 19.4. The number of amides is 1. The van der Waals surface area contributed by atoms with Crippen LogP contribution in [-0.4, -0.2) is 34.6 Å². The number of rotatable bonds is 3. The molecule has 0 bridgehead atoms. The smallest absolute Gasteiger partial charge is 0.238 e. The van der Waals surface area contributed by atoms with Crippen LogP contribution in [-0.2, 0) is 19.6 Å². The van der Waals surface area contributed by atoms with Gasteiger partial charge < -0.3 is 9.64 Å². The topological polar surface area (TPSA) is 89.7 Å². The van der Waals surface area contributed by atoms with E-state index in [0.717, 1.165) is 6.42 Å². The fraction of sp³-hybridized carbons (Fsp3) is 0.417. The maximum absolute atomic E-state index is 12.1. The molecular formula is C12H16N2O4S. The van der Waals surface area contributed by atoms with Crippen molar-refractivity contribution >= 4 is 21.6 Å². The molecule has 1 unspecified atom stereocenters. The molecule has 104 valence electrons. The Kier molecular flexibility index (Phi) is 3.88. The second-order valence-electron chi connectivity index (χ2n) is 4.50. The molecule has 7 heteroatoms. The average molecular weight is 284 g/mol. The van der Waals surface area contributed by atoms with Crippen molar-refractivity contribution in [2.45, 2.75) is 11.3 Å². The zero-order valence-corrected chi connectivity index (χ0v) is 11.4. The van der Waals surface area contributed by atoms with Crippen molar-refractivity contribution in [3.05, 3.63) is 24.3 Å². The van der Waals surface area contributed by atoms with E-state index in [-0.39, 0.29) is 16.7 Å². The van der Waals surface area contributed by atoms with E-state index in [2.05, 4.69) is 0 Å². The minimum absolute atomic E-state index is 0.0270. The largest absolute Gasteiger partial charge is 0.381 e. The monoisotopic (exact) mass is 284 g/mol. The van der Waals surface area contributed by atoms with E-state index in [9.17, 15) is 13.2 Å². The van der Waals surface area contributed by atoms with Crippen LogP contribution in [0.5, 0.6) is 0 Å². The quantitative estimate of drug-likeness (QED) is 0.866. The van der Waals surface area contributed by atoms with Gasteiger partial charge in [-0.2, -0.15) is 0 Å². The fourth-order valence-electron chi connectivity index (χ4n) is 1.99. The molecular weight excluding hydrogens is 268 g/mol. The summed E-state index contributed by atoms with van der Waals surface area (Å²) < 4.78 is 27.5. The molecule has 0 aromatic heterocycles. The van der Waals surface area contributed by atoms with Crippen LogP contribution in [0.15, 0.2) is 29.2 Å². The van der Waals surface area contributed by atoms with Gasteiger partial charge in [-0.05, 0) is 30.7 Å². The first-order chi connectivity index (χ1) is 8.89. The maximum Gasteiger partial charge on any atom is 0.238 e. The molecule has 1 aliphatic heterocycles. The van der Waals surface area contributed by atoms with Crippen LogP contribution in [0, 0.1) is 5.92 Å². The molecule has 1 aromatic rings. The van der Waals surface area contributed by atoms with Crippen molar-refractivity contribution < 1.29 is 17.9 Å². The molecule has 0 aliphatic carbocycles. The van der Waals surface area contributed by atoms with Gasteiger partial charge >= 0.3 is 0 Å². The minimum atomic E-state index is -3.70. The van der Waals surface area contributed by atoms with Crippen LogP contribution in [0.4, 0.5) is 5.69 Å². The highest BCUT2D eigenvalue weighted by Gasteiger charge is 2.26. The lowest BCUT2D eigenvalue weighted by Crippen LogP contribution is -2.33. The SMILES string of the molecule is CN(C(=O)C1CCOC1)c1ccc(S(N)(=O)=O)cc1. The number of primary sulfonamides is 1. The second kappa shape index (κ2) is 5.28. The van der Waals surface area contributed by atoms with Gasteiger partial charge in [0.1, 0.15) is 0 Å². The van der Waals surface area contributed by atoms with E-state index >= 15 is 0 Å². The average Bonchev–Trinajstić information content (AvgIpc) is 2.90. The highest BCUT2D eigenvalue weighted by atomic mass is 32.2. The van der Waals surface area contributed by atoms with Crippen LogP contribution in [0.2, 0.25) is 0 Å². The first-order valence-corrected chi connectivity index (χ1v) is 7.42. The third-order valence-corrected chi connectivity index (χ3v) is 4.09. The molecule has 1 fully saturated rings. The Morgan fingerprint density at radius 2 is 2.00 bits per heavy atom. The molecule has 19 heavy (non-hydrogen) atoms. The zero-order chi connectivity index (χ0) is 14.0. The third kappa shape index (κ3) is 3.12. The third-order valence-electron chi connectivity index (χ3n) is 3.16. The summed E-state index contributed by atoms with van der Waals surface area (Å²) in [4.78, 5) is 13.7. The van der Waals surface area contributed by atoms with Crippen LogP contribution in [0.25, 0.3) is 0 Å². The molecule has 1 heterocycles. The summed E-state index contributed by atoms with van der Waals surface area (Å²) in [5.74, 6) is -0.149. The number of hydrogen-bond donors (Lipinski definition) is 1. The summed E-state index contributed by atoms with van der Waals surface area (Å²) in [6.07, 6.45) is 0.721. The van der Waals surface area contributed by atoms with Gasteiger partial charge in [-0.3, -0.25) is 4.79 Å². The van der Waals surface area contributed by atoms with Crippen molar-refractivity contribution in [2.75, 3.05) is 25.2 Å². The summed E-state index contributed by atoms with van der Waals surface area (Å²) in [6.45, 7) is 1.05. The Bertz CT molecular complexity index is 562. The molecule has 0 saturated carbocycles. The molecule has 2 N–H and O–H groups in total. The van der Waals surface area contributed by atoms with Gasteiger partial charge in [0.2, 0.25) is 15.9 Å². The highest BCUT2D eigenvalue weighted by Crippen LogP contribution is 2.21. The lowest BCUT2D eigenvalue weighted by molar-refractivity contribution is -0.122. The summed E-state index contributed by atoms with van der Waals surface area (Å²) in [5.41, 5.74) is 0.629. The number of carbonyl (C=O) groups excluding carboxylic acids is 1. The lowest BCUT2D eigenvalue weighted by atomic mass is 10.1. The molecule has 6 nitrogen and oxygen atoms in total. The molecule has 2 rings (SSSR count). The Morgan fingerprint density at radius 1 is 1.37 bits per heavy atom. The van der Waals surface area contributed by atoms with Gasteiger partial charge in [0.05, 0.1) is 17.4 Å². The summed E-state index contributed by atoms with van der Waals surface area (Å²) in [6, 6.07) is 5.90. The zero-order valence-electron chi connectivity index (χ0n) is 10.6. The minimum Gasteiger partial charge on any atom is -0.381 e. The van der Waals surface area contributed by atoms with E-state index < -0.39 is 10.0 Å². The number of nitrogens with zero attached hydrogens (tertiary/aromatic N) is 1. The summed E-state index contributed by atoms with van der Waals surface area (Å²) in [7, 11) is -2.05. The van der Waals surface area contributed by atoms with Crippen LogP contribution in [0.1, 0.15) is 6.42 Å². The van der Waals surface area contributed by atoms with E-state index in [1.54, 1.807) is 19.2 Å². The molecule has 1 aromatic carbocycles. The number of ether oxygens (including phenoxy) is 1. The molecule has 0 spiro atoms. The molecule has 1 saturated heterocycles. The summed E-state index contributed by atoms with van der Waals surface area (Å²) >= 11 is 0. The van der Waals surface area contributed by atoms with Gasteiger partial charge in [-0.25, -0.2) is 13.6 Å². The Labute approximate surface area is 112 Å². The van der Waals surface area contributed by atoms with Crippen LogP contribution < -0.4 is 10.0 Å². The van der Waals surface area contributed by atoms with Crippen molar-refractivity contribution in [1.82, 2.24) is 0 Å². The predicted molar refractivity (Wildman–Crippen MR) is 70.2 cm³/mol. The van der Waals surface area contributed by atoms with Crippen LogP contribution >= 0.6 is 0 Å². The van der Waals surface area contributed by atoms with Gasteiger partial charge in [-0.1, -0.05) is 0 Å². The van der Waals surface area contributed by atoms with Gasteiger partial charge in [-0.15, -0.1) is 0 Å². The Morgan fingerprint density at radius 3 is 2.47 bits per heavy atom. The van der Waals surface area contributed by atoms with E-state index in [0.29, 0.717) is 18.9 Å². The number of anilines is 1. The number of nitrogens with two attached hydrogens (primary N) is 1. The summed E-state index contributed by atoms with van der Waals surface area (Å²) in [5, 5.41) is 5.02. The van der Waals surface area contributed by atoms with Crippen molar-refractivity contribution in [3.8, 4) is 0 Å². The van der Waals surface area contributed by atoms with E-state index in [1.165, 1.54) is 17.0 Å². The molecule has 1 atom stereocenters. The number of carbonyl (C=O) groups is 1. The standard InChI is InChI=1S/C12H16N2O4S/c1-14(12(15)9-6-7-18-8-9)10-2-4-11(5-3-10)19(13,16)17/h2-5,9H,6-8H2,1H3,(H2,13,16,17). The lowest BCUT2D eigenvalue weighted by Gasteiger charge is -2.20.